The predicted molar refractivity (Wildman–Crippen MR) is 103 cm³/mol. The summed E-state index contributed by atoms with van der Waals surface area (Å²) >= 11 is 0. The van der Waals surface area contributed by atoms with Gasteiger partial charge >= 0.3 is 12.1 Å². The third-order valence-corrected chi connectivity index (χ3v) is 3.95. The summed E-state index contributed by atoms with van der Waals surface area (Å²) in [5, 5.41) is 25.3. The molecule has 0 aromatic carbocycles. The Kier molecular flexibility index (Phi) is 9.14. The van der Waals surface area contributed by atoms with E-state index in [1.807, 2.05) is 0 Å². The molecule has 0 aliphatic carbocycles. The minimum absolute atomic E-state index is 0.0192. The minimum atomic E-state index is -0.634. The number of hydrogen-bond acceptors (Lipinski definition) is 8. The highest BCUT2D eigenvalue weighted by Crippen LogP contribution is 2.24. The van der Waals surface area contributed by atoms with Gasteiger partial charge in [-0.1, -0.05) is 0 Å². The molecule has 0 aliphatic heterocycles. The van der Waals surface area contributed by atoms with Crippen LogP contribution in [-0.2, 0) is 27.4 Å². The van der Waals surface area contributed by atoms with E-state index in [0.717, 1.165) is 0 Å². The molecule has 0 radical (unpaired) electrons. The number of aliphatic hydroxyl groups is 1. The monoisotopic (exact) mass is 397 g/mol. The van der Waals surface area contributed by atoms with Crippen LogP contribution in [0, 0.1) is 6.92 Å². The van der Waals surface area contributed by atoms with E-state index in [9.17, 15) is 19.8 Å². The molecule has 1 heterocycles. The molecular weight excluding hydrogens is 366 g/mol. The second-order valence-corrected chi connectivity index (χ2v) is 7.38. The van der Waals surface area contributed by atoms with E-state index >= 15 is 0 Å². The number of methoxy groups -OCH3 is 1. The van der Waals surface area contributed by atoms with Gasteiger partial charge in [-0.2, -0.15) is 0 Å². The molecule has 1 rings (SSSR count). The first kappa shape index (κ1) is 23.6. The molecule has 0 saturated heterocycles. The van der Waals surface area contributed by atoms with Gasteiger partial charge in [-0.05, 0) is 40.5 Å². The van der Waals surface area contributed by atoms with Crippen molar-refractivity contribution in [3.05, 3.63) is 23.0 Å². The topological polar surface area (TPSA) is 130 Å². The minimum Gasteiger partial charge on any atom is -0.506 e. The molecular formula is C19H31N3O6. The van der Waals surface area contributed by atoms with Crippen LogP contribution in [-0.4, -0.2) is 52.6 Å². The molecule has 0 fully saturated rings. The molecule has 0 bridgehead atoms. The van der Waals surface area contributed by atoms with Gasteiger partial charge in [0.05, 0.1) is 19.4 Å². The van der Waals surface area contributed by atoms with Crippen LogP contribution in [0.1, 0.15) is 50.4 Å². The number of aliphatic hydroxyl groups excluding tert-OH is 1. The second kappa shape index (κ2) is 10.8. The average molecular weight is 397 g/mol. The summed E-state index contributed by atoms with van der Waals surface area (Å²) in [6.07, 6.45) is 1.89. The van der Waals surface area contributed by atoms with Gasteiger partial charge in [-0.3, -0.25) is 9.78 Å². The fourth-order valence-electron chi connectivity index (χ4n) is 2.50. The number of carbonyl (C=O) groups is 2. The van der Waals surface area contributed by atoms with E-state index in [1.165, 1.54) is 13.3 Å². The van der Waals surface area contributed by atoms with Gasteiger partial charge in [-0.25, -0.2) is 4.79 Å². The number of aromatic nitrogens is 1. The number of hydrogen-bond donors (Lipinski definition) is 4. The van der Waals surface area contributed by atoms with Crippen LogP contribution < -0.4 is 10.6 Å². The fourth-order valence-corrected chi connectivity index (χ4v) is 2.50. The van der Waals surface area contributed by atoms with Crippen LogP contribution in [0.25, 0.3) is 0 Å². The van der Waals surface area contributed by atoms with Gasteiger partial charge in [0.15, 0.2) is 0 Å². The first-order chi connectivity index (χ1) is 13.1. The van der Waals surface area contributed by atoms with Crippen LogP contribution in [0.2, 0.25) is 0 Å². The summed E-state index contributed by atoms with van der Waals surface area (Å²) in [6, 6.07) is -0.634. The van der Waals surface area contributed by atoms with Gasteiger partial charge in [-0.15, -0.1) is 0 Å². The lowest BCUT2D eigenvalue weighted by Gasteiger charge is -2.20. The number of rotatable bonds is 9. The molecule has 1 aromatic rings. The highest BCUT2D eigenvalue weighted by atomic mass is 16.6. The van der Waals surface area contributed by atoms with Crippen LogP contribution in [0.4, 0.5) is 4.79 Å². The molecule has 9 nitrogen and oxygen atoms in total. The molecule has 4 N–H and O–H groups in total. The van der Waals surface area contributed by atoms with E-state index in [0.29, 0.717) is 36.2 Å². The van der Waals surface area contributed by atoms with Crippen molar-refractivity contribution in [2.24, 2.45) is 0 Å². The van der Waals surface area contributed by atoms with Crippen molar-refractivity contribution in [2.75, 3.05) is 13.7 Å². The highest BCUT2D eigenvalue weighted by Gasteiger charge is 2.21. The van der Waals surface area contributed by atoms with Gasteiger partial charge in [0.25, 0.3) is 0 Å². The second-order valence-electron chi connectivity index (χ2n) is 7.38. The zero-order valence-electron chi connectivity index (χ0n) is 17.2. The number of pyridine rings is 1. The number of nitrogens with one attached hydrogen (secondary N) is 2. The summed E-state index contributed by atoms with van der Waals surface area (Å²) in [6.45, 7) is 7.21. The molecule has 1 atom stereocenters. The van der Waals surface area contributed by atoms with Gasteiger partial charge in [0, 0.05) is 30.4 Å². The Bertz CT molecular complexity index is 672. The molecule has 0 saturated carbocycles. The van der Waals surface area contributed by atoms with Crippen LogP contribution in [0.5, 0.6) is 5.75 Å². The van der Waals surface area contributed by atoms with Crippen molar-refractivity contribution in [2.45, 2.75) is 65.3 Å². The van der Waals surface area contributed by atoms with Crippen molar-refractivity contribution in [1.82, 2.24) is 15.6 Å². The lowest BCUT2D eigenvalue weighted by Crippen LogP contribution is -2.38. The Morgan fingerprint density at radius 1 is 1.32 bits per heavy atom. The molecule has 9 heteroatoms. The maximum absolute atomic E-state index is 12.0. The van der Waals surface area contributed by atoms with Crippen molar-refractivity contribution in [1.29, 1.82) is 0 Å². The zero-order valence-corrected chi connectivity index (χ0v) is 17.2. The number of carbonyl (C=O) groups excluding carboxylic acids is 2. The largest absolute Gasteiger partial charge is 0.506 e. The third-order valence-electron chi connectivity index (χ3n) is 3.95. The molecule has 28 heavy (non-hydrogen) atoms. The molecule has 1 amide bonds. The normalized spacial score (nSPS) is 12.4. The average Bonchev–Trinajstić information content (AvgIpc) is 2.62. The molecule has 0 spiro atoms. The molecule has 1 aromatic heterocycles. The number of nitrogens with zero attached hydrogens (tertiary/aromatic N) is 1. The number of amides is 1. The lowest BCUT2D eigenvalue weighted by atomic mass is 10.1. The van der Waals surface area contributed by atoms with Gasteiger partial charge < -0.3 is 30.3 Å². The van der Waals surface area contributed by atoms with Crippen molar-refractivity contribution in [3.8, 4) is 5.75 Å². The Hall–Kier alpha value is -2.39. The Balaban J connectivity index is 2.62. The smallest absolute Gasteiger partial charge is 0.407 e. The summed E-state index contributed by atoms with van der Waals surface area (Å²) < 4.78 is 9.97. The van der Waals surface area contributed by atoms with Crippen LogP contribution in [0.15, 0.2) is 6.20 Å². The Labute approximate surface area is 165 Å². The van der Waals surface area contributed by atoms with Crippen molar-refractivity contribution >= 4 is 12.1 Å². The SMILES string of the molecule is COC(=O)C(CCCNC(=O)OC(C)(C)C)NCc1c(CO)cnc(C)c1O. The van der Waals surface area contributed by atoms with Crippen molar-refractivity contribution < 1.29 is 29.3 Å². The van der Waals surface area contributed by atoms with E-state index < -0.39 is 23.7 Å². The predicted octanol–water partition coefficient (Wildman–Crippen LogP) is 1.52. The number of aromatic hydroxyl groups is 1. The number of aryl methyl sites for hydroxylation is 1. The summed E-state index contributed by atoms with van der Waals surface area (Å²) in [5.74, 6) is -0.470. The molecule has 1 unspecified atom stereocenters. The third kappa shape index (κ3) is 7.69. The molecule has 0 aliphatic rings. The van der Waals surface area contributed by atoms with E-state index in [2.05, 4.69) is 15.6 Å². The first-order valence-electron chi connectivity index (χ1n) is 9.14. The van der Waals surface area contributed by atoms with E-state index in [4.69, 9.17) is 9.47 Å². The number of esters is 1. The van der Waals surface area contributed by atoms with Crippen LogP contribution >= 0.6 is 0 Å². The van der Waals surface area contributed by atoms with Gasteiger partial charge in [0.1, 0.15) is 17.4 Å². The first-order valence-corrected chi connectivity index (χ1v) is 9.14. The maximum atomic E-state index is 12.0. The lowest BCUT2D eigenvalue weighted by molar-refractivity contribution is -0.143. The van der Waals surface area contributed by atoms with E-state index in [1.54, 1.807) is 27.7 Å². The Morgan fingerprint density at radius 2 is 2.00 bits per heavy atom. The Morgan fingerprint density at radius 3 is 2.57 bits per heavy atom. The summed E-state index contributed by atoms with van der Waals surface area (Å²) in [4.78, 5) is 27.7. The highest BCUT2D eigenvalue weighted by molar-refractivity contribution is 5.75. The number of alkyl carbamates (subject to hydrolysis) is 1. The zero-order chi connectivity index (χ0) is 21.3. The number of ether oxygens (including phenoxy) is 2. The van der Waals surface area contributed by atoms with Crippen molar-refractivity contribution in [3.63, 3.8) is 0 Å². The maximum Gasteiger partial charge on any atom is 0.407 e. The quantitative estimate of drug-likeness (QED) is 0.365. The summed E-state index contributed by atoms with van der Waals surface area (Å²) in [5.41, 5.74) is 0.821. The van der Waals surface area contributed by atoms with Gasteiger partial charge in [0.2, 0.25) is 0 Å². The van der Waals surface area contributed by atoms with E-state index in [-0.39, 0.29) is 18.9 Å². The fraction of sp³-hybridized carbons (Fsp3) is 0.632. The standard InChI is InChI=1S/C19H31N3O6/c1-12-16(24)14(13(11-23)9-21-12)10-22-15(17(25)27-5)7-6-8-20-18(26)28-19(2,3)4/h9,15,22-24H,6-8,10-11H2,1-5H3,(H,20,26). The molecule has 158 valence electrons. The summed E-state index contributed by atoms with van der Waals surface area (Å²) in [7, 11) is 1.29. The van der Waals surface area contributed by atoms with Crippen LogP contribution in [0.3, 0.4) is 0 Å².